The minimum atomic E-state index is -0.381. The van der Waals surface area contributed by atoms with Crippen LogP contribution in [0.4, 0.5) is 4.39 Å². The smallest absolute Gasteiger partial charge is 0.123 e. The van der Waals surface area contributed by atoms with Crippen LogP contribution in [0, 0.1) is 31.6 Å². The molecule has 4 nitrogen and oxygen atoms in total. The third-order valence-corrected chi connectivity index (χ3v) is 5.80. The Balaban J connectivity index is 0.000000396. The average Bonchev–Trinajstić information content (AvgIpc) is 2.84. The maximum Gasteiger partial charge on any atom is 0.123 e. The van der Waals surface area contributed by atoms with Gasteiger partial charge in [0.15, 0.2) is 0 Å². The third kappa shape index (κ3) is 9.52. The minimum absolute atomic E-state index is 0. The van der Waals surface area contributed by atoms with Gasteiger partial charge in [0.05, 0.1) is 23.6 Å². The molecule has 203 valence electrons. The Hall–Kier alpha value is -2.76. The Morgan fingerprint density at radius 2 is 1.53 bits per heavy atom. The van der Waals surface area contributed by atoms with Crippen LogP contribution in [0.1, 0.15) is 44.7 Å². The van der Waals surface area contributed by atoms with Crippen LogP contribution in [0.2, 0.25) is 0 Å². The van der Waals surface area contributed by atoms with Gasteiger partial charge < -0.3 is 15.2 Å². The molecule has 0 amide bonds. The molecule has 0 aliphatic rings. The van der Waals surface area contributed by atoms with Crippen molar-refractivity contribution in [3.8, 4) is 33.8 Å². The number of hydrogen-bond acceptors (Lipinski definition) is 4. The number of aliphatic hydroxyl groups is 2. The van der Waals surface area contributed by atoms with E-state index in [-0.39, 0.29) is 38.1 Å². The van der Waals surface area contributed by atoms with Gasteiger partial charge in [-0.25, -0.2) is 4.39 Å². The summed E-state index contributed by atoms with van der Waals surface area (Å²) in [6.07, 6.45) is 2.26. The number of halogens is 1. The van der Waals surface area contributed by atoms with E-state index in [9.17, 15) is 9.50 Å². The summed E-state index contributed by atoms with van der Waals surface area (Å²) in [6, 6.07) is 23.8. The molecule has 1 aromatic heterocycles. The van der Waals surface area contributed by atoms with Crippen molar-refractivity contribution in [3.63, 3.8) is 0 Å². The van der Waals surface area contributed by atoms with Gasteiger partial charge in [-0.1, -0.05) is 62.7 Å². The Bertz CT molecular complexity index is 1270. The van der Waals surface area contributed by atoms with Crippen LogP contribution in [-0.4, -0.2) is 32.4 Å². The Morgan fingerprint density at radius 1 is 0.842 bits per heavy atom. The molecule has 0 saturated carbocycles. The SMILES string of the molecule is CC(C)CC(O)CC(C)O.Cc1c[c-]c(-c2ncc(-c3cccc(F)c3)nc2-c2ccc(C)cc2)cc1.[Ir]. The molecule has 2 atom stereocenters. The van der Waals surface area contributed by atoms with Crippen LogP contribution < -0.4 is 0 Å². The molecule has 2 N–H and O–H groups in total. The maximum absolute atomic E-state index is 13.6. The van der Waals surface area contributed by atoms with E-state index in [0.29, 0.717) is 23.6 Å². The number of benzene rings is 3. The molecule has 2 unspecified atom stereocenters. The summed E-state index contributed by atoms with van der Waals surface area (Å²) in [7, 11) is 0. The van der Waals surface area contributed by atoms with Crippen molar-refractivity contribution in [1.82, 2.24) is 9.97 Å². The van der Waals surface area contributed by atoms with Crippen molar-refractivity contribution >= 4 is 0 Å². The zero-order chi connectivity index (χ0) is 26.9. The molecule has 0 spiro atoms. The standard InChI is InChI=1S/C24H18FN2.C8H18O2.Ir/c1-16-6-10-18(11-7-16)23-24(19-12-8-17(2)9-13-19)27-22(15-26-23)20-4-3-5-21(25)14-20;1-6(2)4-8(10)5-7(3)9;/h3-10,12-15H,1-2H3;6-10H,4-5H2,1-3H3;/q-1;;. The molecule has 1 radical (unpaired) electrons. The quantitative estimate of drug-likeness (QED) is 0.202. The molecule has 0 fully saturated rings. The molecule has 0 bridgehead atoms. The fourth-order valence-electron chi connectivity index (χ4n) is 3.97. The number of nitrogens with zero attached hydrogens (tertiary/aromatic N) is 2. The van der Waals surface area contributed by atoms with Crippen molar-refractivity contribution in [2.75, 3.05) is 0 Å². The summed E-state index contributed by atoms with van der Waals surface area (Å²) in [5.74, 6) is 0.218. The number of hydrogen-bond donors (Lipinski definition) is 2. The van der Waals surface area contributed by atoms with Crippen LogP contribution in [-0.2, 0) is 20.1 Å². The van der Waals surface area contributed by atoms with Gasteiger partial charge in [-0.3, -0.25) is 4.98 Å². The zero-order valence-electron chi connectivity index (χ0n) is 22.6. The fraction of sp³-hybridized carbons (Fsp3) is 0.312. The second kappa shape index (κ2) is 15.0. The summed E-state index contributed by atoms with van der Waals surface area (Å²) in [4.78, 5) is 9.50. The topological polar surface area (TPSA) is 66.2 Å². The van der Waals surface area contributed by atoms with Gasteiger partial charge in [0.2, 0.25) is 0 Å². The van der Waals surface area contributed by atoms with E-state index in [1.807, 2.05) is 50.2 Å². The number of aryl methyl sites for hydroxylation is 2. The van der Waals surface area contributed by atoms with E-state index < -0.39 is 0 Å². The van der Waals surface area contributed by atoms with Crippen LogP contribution in [0.25, 0.3) is 33.8 Å². The van der Waals surface area contributed by atoms with Gasteiger partial charge in [-0.2, -0.15) is 0 Å². The summed E-state index contributed by atoms with van der Waals surface area (Å²) in [6.45, 7) is 9.90. The molecule has 6 heteroatoms. The summed E-state index contributed by atoms with van der Waals surface area (Å²) >= 11 is 0. The molecule has 4 aromatic rings. The normalized spacial score (nSPS) is 12.2. The number of rotatable bonds is 7. The van der Waals surface area contributed by atoms with Crippen molar-refractivity contribution in [3.05, 3.63) is 95.9 Å². The molecule has 1 heterocycles. The molecule has 0 saturated heterocycles. The number of aromatic nitrogens is 2. The van der Waals surface area contributed by atoms with E-state index >= 15 is 0 Å². The van der Waals surface area contributed by atoms with Crippen molar-refractivity contribution < 1.29 is 34.7 Å². The zero-order valence-corrected chi connectivity index (χ0v) is 25.0. The number of aliphatic hydroxyl groups excluding tert-OH is 2. The van der Waals surface area contributed by atoms with Crippen LogP contribution in [0.15, 0.2) is 72.9 Å². The predicted molar refractivity (Wildman–Crippen MR) is 148 cm³/mol. The summed E-state index contributed by atoms with van der Waals surface area (Å²) in [5, 5.41) is 18.1. The van der Waals surface area contributed by atoms with Crippen molar-refractivity contribution in [1.29, 1.82) is 0 Å². The molecule has 38 heavy (non-hydrogen) atoms. The van der Waals surface area contributed by atoms with Crippen molar-refractivity contribution in [2.24, 2.45) is 5.92 Å². The monoisotopic (exact) mass is 692 g/mol. The molecule has 3 aromatic carbocycles. The summed E-state index contributed by atoms with van der Waals surface area (Å²) in [5.41, 5.74) is 7.04. The molecular formula is C32H36FIrN2O2-. The van der Waals surface area contributed by atoms with E-state index in [0.717, 1.165) is 34.5 Å². The minimum Gasteiger partial charge on any atom is -0.393 e. The first kappa shape index (κ1) is 31.5. The molecule has 0 aliphatic heterocycles. The first-order valence-corrected chi connectivity index (χ1v) is 12.7. The first-order chi connectivity index (χ1) is 17.6. The van der Waals surface area contributed by atoms with E-state index in [1.165, 1.54) is 17.7 Å². The predicted octanol–water partition coefficient (Wildman–Crippen LogP) is 7.20. The summed E-state index contributed by atoms with van der Waals surface area (Å²) < 4.78 is 13.6. The van der Waals surface area contributed by atoms with Crippen LogP contribution in [0.5, 0.6) is 0 Å². The maximum atomic E-state index is 13.6. The van der Waals surface area contributed by atoms with E-state index in [2.05, 4.69) is 37.0 Å². The van der Waals surface area contributed by atoms with Gasteiger partial charge in [0, 0.05) is 37.6 Å². The Kier molecular flexibility index (Phi) is 12.4. The van der Waals surface area contributed by atoms with Gasteiger partial charge in [0.1, 0.15) is 5.82 Å². The third-order valence-electron chi connectivity index (χ3n) is 5.80. The van der Waals surface area contributed by atoms with E-state index in [4.69, 9.17) is 10.1 Å². The largest absolute Gasteiger partial charge is 0.393 e. The van der Waals surface area contributed by atoms with Crippen LogP contribution >= 0.6 is 0 Å². The van der Waals surface area contributed by atoms with Gasteiger partial charge in [-0.05, 0) is 50.3 Å². The second-order valence-electron chi connectivity index (χ2n) is 9.98. The fourth-order valence-corrected chi connectivity index (χ4v) is 3.97. The second-order valence-corrected chi connectivity index (χ2v) is 9.98. The van der Waals surface area contributed by atoms with Gasteiger partial charge >= 0.3 is 0 Å². The van der Waals surface area contributed by atoms with Gasteiger partial charge in [-0.15, -0.1) is 35.4 Å². The Morgan fingerprint density at radius 3 is 2.11 bits per heavy atom. The molecule has 0 aliphatic carbocycles. The molecular weight excluding hydrogens is 656 g/mol. The molecule has 4 rings (SSSR count). The van der Waals surface area contributed by atoms with Gasteiger partial charge in [0.25, 0.3) is 0 Å². The average molecular weight is 692 g/mol. The Labute approximate surface area is 239 Å². The van der Waals surface area contributed by atoms with Crippen molar-refractivity contribution in [2.45, 2.75) is 59.7 Å². The first-order valence-electron chi connectivity index (χ1n) is 12.7. The van der Waals surface area contributed by atoms with E-state index in [1.54, 1.807) is 19.2 Å². The van der Waals surface area contributed by atoms with Crippen LogP contribution in [0.3, 0.4) is 0 Å².